The van der Waals surface area contributed by atoms with E-state index in [1.807, 2.05) is 0 Å². The van der Waals surface area contributed by atoms with Gasteiger partial charge in [-0.2, -0.15) is 5.10 Å². The summed E-state index contributed by atoms with van der Waals surface area (Å²) in [5.74, 6) is -1.80. The van der Waals surface area contributed by atoms with Gasteiger partial charge in [0.05, 0.1) is 13.2 Å². The number of rotatable bonds is 4. The van der Waals surface area contributed by atoms with E-state index < -0.39 is 17.6 Å². The second-order valence-electron chi connectivity index (χ2n) is 4.33. The van der Waals surface area contributed by atoms with E-state index in [1.165, 1.54) is 16.8 Å². The van der Waals surface area contributed by atoms with Gasteiger partial charge < -0.3 is 4.74 Å². The molecule has 0 amide bonds. The molecular formula is C14H14F2N2O2. The van der Waals surface area contributed by atoms with Crippen LogP contribution in [-0.4, -0.2) is 22.4 Å². The van der Waals surface area contributed by atoms with Crippen molar-refractivity contribution in [1.82, 2.24) is 9.78 Å². The fourth-order valence-electron chi connectivity index (χ4n) is 1.85. The fraction of sp³-hybridized carbons (Fsp3) is 0.286. The topological polar surface area (TPSA) is 44.1 Å². The monoisotopic (exact) mass is 280 g/mol. The molecule has 4 nitrogen and oxygen atoms in total. The van der Waals surface area contributed by atoms with E-state index in [-0.39, 0.29) is 18.8 Å². The molecule has 0 saturated heterocycles. The van der Waals surface area contributed by atoms with Gasteiger partial charge in [0.25, 0.3) is 0 Å². The Morgan fingerprint density at radius 1 is 1.25 bits per heavy atom. The van der Waals surface area contributed by atoms with E-state index in [1.54, 1.807) is 19.9 Å². The van der Waals surface area contributed by atoms with Crippen molar-refractivity contribution in [3.63, 3.8) is 0 Å². The highest BCUT2D eigenvalue weighted by molar-refractivity contribution is 5.87. The van der Waals surface area contributed by atoms with E-state index in [9.17, 15) is 13.6 Å². The molecule has 0 aliphatic heterocycles. The minimum absolute atomic E-state index is 0.180. The Morgan fingerprint density at radius 2 is 1.90 bits per heavy atom. The SMILES string of the molecule is CCOC(=O)c1cc(C)n(Cc2cc(F)cc(F)c2)n1. The van der Waals surface area contributed by atoms with Crippen molar-refractivity contribution >= 4 is 5.97 Å². The van der Waals surface area contributed by atoms with Crippen LogP contribution in [0, 0.1) is 18.6 Å². The second kappa shape index (κ2) is 5.81. The Kier molecular flexibility index (Phi) is 4.12. The summed E-state index contributed by atoms with van der Waals surface area (Å²) in [6, 6.07) is 4.85. The quantitative estimate of drug-likeness (QED) is 0.809. The van der Waals surface area contributed by atoms with Crippen LogP contribution < -0.4 is 0 Å². The lowest BCUT2D eigenvalue weighted by Gasteiger charge is -2.05. The first-order chi connectivity index (χ1) is 9.49. The Labute approximate surface area is 115 Å². The Bertz CT molecular complexity index is 618. The molecule has 0 spiro atoms. The van der Waals surface area contributed by atoms with E-state index >= 15 is 0 Å². The molecule has 0 atom stereocenters. The van der Waals surface area contributed by atoms with Crippen molar-refractivity contribution in [3.05, 3.63) is 52.9 Å². The van der Waals surface area contributed by atoms with Crippen molar-refractivity contribution < 1.29 is 18.3 Å². The molecule has 20 heavy (non-hydrogen) atoms. The second-order valence-corrected chi connectivity index (χ2v) is 4.33. The van der Waals surface area contributed by atoms with Crippen LogP contribution in [0.4, 0.5) is 8.78 Å². The average molecular weight is 280 g/mol. The van der Waals surface area contributed by atoms with Crippen molar-refractivity contribution in [3.8, 4) is 0 Å². The first kappa shape index (κ1) is 14.2. The number of carbonyl (C=O) groups excluding carboxylic acids is 1. The van der Waals surface area contributed by atoms with Gasteiger partial charge in [-0.15, -0.1) is 0 Å². The maximum Gasteiger partial charge on any atom is 0.358 e. The van der Waals surface area contributed by atoms with Crippen LogP contribution in [0.5, 0.6) is 0 Å². The Balaban J connectivity index is 2.23. The number of ether oxygens (including phenoxy) is 1. The number of carbonyl (C=O) groups is 1. The molecule has 0 aliphatic rings. The summed E-state index contributed by atoms with van der Waals surface area (Å²) in [6.45, 7) is 3.91. The zero-order chi connectivity index (χ0) is 14.7. The largest absolute Gasteiger partial charge is 0.461 e. The zero-order valence-electron chi connectivity index (χ0n) is 11.2. The highest BCUT2D eigenvalue weighted by Gasteiger charge is 2.13. The lowest BCUT2D eigenvalue weighted by Crippen LogP contribution is -2.08. The summed E-state index contributed by atoms with van der Waals surface area (Å²) in [7, 11) is 0. The van der Waals surface area contributed by atoms with Crippen LogP contribution in [0.25, 0.3) is 0 Å². The standard InChI is InChI=1S/C14H14F2N2O2/c1-3-20-14(19)13-4-9(2)18(17-13)8-10-5-11(15)7-12(16)6-10/h4-7H,3,8H2,1-2H3. The molecule has 0 aliphatic carbocycles. The molecule has 0 unspecified atom stereocenters. The van der Waals surface area contributed by atoms with Gasteiger partial charge in [0, 0.05) is 11.8 Å². The number of hydrogen-bond donors (Lipinski definition) is 0. The van der Waals surface area contributed by atoms with Gasteiger partial charge in [0.15, 0.2) is 5.69 Å². The van der Waals surface area contributed by atoms with Crippen LogP contribution in [0.2, 0.25) is 0 Å². The van der Waals surface area contributed by atoms with Crippen LogP contribution in [0.15, 0.2) is 24.3 Å². The Hall–Kier alpha value is -2.24. The van der Waals surface area contributed by atoms with E-state index in [0.717, 1.165) is 6.07 Å². The molecule has 0 radical (unpaired) electrons. The molecule has 2 rings (SSSR count). The lowest BCUT2D eigenvalue weighted by molar-refractivity contribution is 0.0518. The van der Waals surface area contributed by atoms with Crippen LogP contribution in [0.3, 0.4) is 0 Å². The number of esters is 1. The first-order valence-electron chi connectivity index (χ1n) is 6.16. The predicted molar refractivity (Wildman–Crippen MR) is 68.4 cm³/mol. The molecular weight excluding hydrogens is 266 g/mol. The molecule has 0 bridgehead atoms. The first-order valence-corrected chi connectivity index (χ1v) is 6.16. The minimum atomic E-state index is -0.643. The Morgan fingerprint density at radius 3 is 2.50 bits per heavy atom. The van der Waals surface area contributed by atoms with Gasteiger partial charge >= 0.3 is 5.97 Å². The zero-order valence-corrected chi connectivity index (χ0v) is 11.2. The number of benzene rings is 1. The van der Waals surface area contributed by atoms with Crippen LogP contribution >= 0.6 is 0 Å². The maximum atomic E-state index is 13.1. The van der Waals surface area contributed by atoms with Gasteiger partial charge in [0.2, 0.25) is 0 Å². The summed E-state index contributed by atoms with van der Waals surface area (Å²) in [4.78, 5) is 11.6. The van der Waals surface area contributed by atoms with Gasteiger partial charge in [-0.3, -0.25) is 4.68 Å². The molecule has 1 aromatic heterocycles. The number of aryl methyl sites for hydroxylation is 1. The van der Waals surface area contributed by atoms with E-state index in [4.69, 9.17) is 4.74 Å². The molecule has 106 valence electrons. The number of hydrogen-bond acceptors (Lipinski definition) is 3. The smallest absolute Gasteiger partial charge is 0.358 e. The van der Waals surface area contributed by atoms with E-state index in [0.29, 0.717) is 11.3 Å². The third kappa shape index (κ3) is 3.20. The highest BCUT2D eigenvalue weighted by atomic mass is 19.1. The van der Waals surface area contributed by atoms with Gasteiger partial charge in [-0.25, -0.2) is 13.6 Å². The van der Waals surface area contributed by atoms with Crippen molar-refractivity contribution in [2.45, 2.75) is 20.4 Å². The average Bonchev–Trinajstić information content (AvgIpc) is 2.70. The molecule has 2 aromatic rings. The van der Waals surface area contributed by atoms with Crippen LogP contribution in [-0.2, 0) is 11.3 Å². The molecule has 0 saturated carbocycles. The molecule has 1 aromatic carbocycles. The molecule has 6 heteroatoms. The lowest BCUT2D eigenvalue weighted by atomic mass is 10.2. The third-order valence-electron chi connectivity index (χ3n) is 2.72. The summed E-state index contributed by atoms with van der Waals surface area (Å²) in [5, 5.41) is 4.08. The summed E-state index contributed by atoms with van der Waals surface area (Å²) in [5.41, 5.74) is 1.32. The van der Waals surface area contributed by atoms with Crippen LogP contribution in [0.1, 0.15) is 28.7 Å². The van der Waals surface area contributed by atoms with Crippen molar-refractivity contribution in [2.75, 3.05) is 6.61 Å². The highest BCUT2D eigenvalue weighted by Crippen LogP contribution is 2.12. The number of halogens is 2. The maximum absolute atomic E-state index is 13.1. The van der Waals surface area contributed by atoms with Crippen molar-refractivity contribution in [2.24, 2.45) is 0 Å². The van der Waals surface area contributed by atoms with Gasteiger partial charge in [-0.1, -0.05) is 0 Å². The predicted octanol–water partition coefficient (Wildman–Crippen LogP) is 2.69. The van der Waals surface area contributed by atoms with Crippen molar-refractivity contribution in [1.29, 1.82) is 0 Å². The fourth-order valence-corrected chi connectivity index (χ4v) is 1.85. The number of nitrogens with zero attached hydrogens (tertiary/aromatic N) is 2. The normalized spacial score (nSPS) is 10.6. The van der Waals surface area contributed by atoms with Gasteiger partial charge in [-0.05, 0) is 37.6 Å². The molecule has 0 fully saturated rings. The number of aromatic nitrogens is 2. The van der Waals surface area contributed by atoms with Gasteiger partial charge in [0.1, 0.15) is 11.6 Å². The summed E-state index contributed by atoms with van der Waals surface area (Å²) in [6.07, 6.45) is 0. The molecule has 1 heterocycles. The summed E-state index contributed by atoms with van der Waals surface area (Å²) < 4.78 is 32.6. The third-order valence-corrected chi connectivity index (χ3v) is 2.72. The minimum Gasteiger partial charge on any atom is -0.461 e. The summed E-state index contributed by atoms with van der Waals surface area (Å²) >= 11 is 0. The molecule has 0 N–H and O–H groups in total. The van der Waals surface area contributed by atoms with E-state index in [2.05, 4.69) is 5.10 Å².